The Morgan fingerprint density at radius 1 is 1.33 bits per heavy atom. The van der Waals surface area contributed by atoms with Crippen molar-refractivity contribution >= 4 is 27.6 Å². The molecule has 2 aliphatic heterocycles. The van der Waals surface area contributed by atoms with Gasteiger partial charge in [-0.25, -0.2) is 8.42 Å². The number of sulfonamides is 1. The Morgan fingerprint density at radius 2 is 2.04 bits per heavy atom. The summed E-state index contributed by atoms with van der Waals surface area (Å²) in [5.74, 6) is -0.452. The van der Waals surface area contributed by atoms with E-state index in [0.717, 1.165) is 0 Å². The second kappa shape index (κ2) is 6.40. The largest absolute Gasteiger partial charge is 0.482 e. The molecule has 1 N–H and O–H groups in total. The Kier molecular flexibility index (Phi) is 4.46. The zero-order valence-corrected chi connectivity index (χ0v) is 14.0. The first-order chi connectivity index (χ1) is 11.4. The minimum Gasteiger partial charge on any atom is -0.482 e. The number of anilines is 1. The number of amides is 1. The molecule has 0 radical (unpaired) electrons. The Morgan fingerprint density at radius 3 is 2.71 bits per heavy atom. The maximum absolute atomic E-state index is 12.8. The lowest BCUT2D eigenvalue weighted by molar-refractivity contribution is -0.146. The zero-order chi connectivity index (χ0) is 17.3. The van der Waals surface area contributed by atoms with E-state index in [2.05, 4.69) is 5.32 Å². The van der Waals surface area contributed by atoms with Crippen molar-refractivity contribution < 1.29 is 27.5 Å². The molecule has 0 atom stereocenters. The van der Waals surface area contributed by atoms with Gasteiger partial charge in [0.1, 0.15) is 5.75 Å². The molecule has 2 aliphatic rings. The van der Waals surface area contributed by atoms with E-state index < -0.39 is 10.0 Å². The summed E-state index contributed by atoms with van der Waals surface area (Å²) in [5.41, 5.74) is 0.344. The van der Waals surface area contributed by atoms with Crippen molar-refractivity contribution in [2.45, 2.75) is 17.7 Å². The molecule has 0 unspecified atom stereocenters. The fourth-order valence-electron chi connectivity index (χ4n) is 2.87. The van der Waals surface area contributed by atoms with Crippen molar-refractivity contribution in [2.24, 2.45) is 5.92 Å². The number of carbonyl (C=O) groups excluding carboxylic acids is 2. The highest BCUT2D eigenvalue weighted by Gasteiger charge is 2.33. The summed E-state index contributed by atoms with van der Waals surface area (Å²) in [6.07, 6.45) is 0.855. The first kappa shape index (κ1) is 16.7. The Bertz CT molecular complexity index is 768. The van der Waals surface area contributed by atoms with Gasteiger partial charge in [0.05, 0.1) is 23.6 Å². The van der Waals surface area contributed by atoms with E-state index in [0.29, 0.717) is 24.3 Å². The van der Waals surface area contributed by atoms with Crippen LogP contribution in [0.4, 0.5) is 5.69 Å². The summed E-state index contributed by atoms with van der Waals surface area (Å²) >= 11 is 0. The van der Waals surface area contributed by atoms with Gasteiger partial charge >= 0.3 is 5.97 Å². The molecule has 0 spiro atoms. The topological polar surface area (TPSA) is 102 Å². The molecule has 8 nitrogen and oxygen atoms in total. The maximum atomic E-state index is 12.8. The van der Waals surface area contributed by atoms with E-state index in [-0.39, 0.29) is 42.4 Å². The molecular formula is C15H18N2O6S. The molecule has 1 amide bonds. The van der Waals surface area contributed by atoms with E-state index in [1.54, 1.807) is 0 Å². The monoisotopic (exact) mass is 354 g/mol. The molecular weight excluding hydrogens is 336 g/mol. The third kappa shape index (κ3) is 3.09. The molecule has 0 saturated carbocycles. The molecule has 2 heterocycles. The maximum Gasteiger partial charge on any atom is 0.308 e. The summed E-state index contributed by atoms with van der Waals surface area (Å²) in [6.45, 7) is 0.421. The van der Waals surface area contributed by atoms with Crippen molar-refractivity contribution in [3.05, 3.63) is 18.2 Å². The Labute approximate surface area is 139 Å². The van der Waals surface area contributed by atoms with Gasteiger partial charge in [0.15, 0.2) is 6.61 Å². The zero-order valence-electron chi connectivity index (χ0n) is 13.1. The number of hydrogen-bond acceptors (Lipinski definition) is 6. The number of fused-ring (bicyclic) bond motifs is 1. The molecule has 1 aromatic carbocycles. The lowest BCUT2D eigenvalue weighted by Gasteiger charge is -2.30. The van der Waals surface area contributed by atoms with Crippen LogP contribution in [0.2, 0.25) is 0 Å². The summed E-state index contributed by atoms with van der Waals surface area (Å²) < 4.78 is 36.8. The highest BCUT2D eigenvalue weighted by molar-refractivity contribution is 7.89. The molecule has 1 aromatic rings. The molecule has 0 aromatic heterocycles. The van der Waals surface area contributed by atoms with Crippen molar-refractivity contribution in [3.63, 3.8) is 0 Å². The smallest absolute Gasteiger partial charge is 0.308 e. The number of hydrogen-bond donors (Lipinski definition) is 1. The third-order valence-electron chi connectivity index (χ3n) is 4.21. The average molecular weight is 354 g/mol. The van der Waals surface area contributed by atoms with Crippen LogP contribution in [0.15, 0.2) is 23.1 Å². The van der Waals surface area contributed by atoms with Crippen LogP contribution in [0.1, 0.15) is 12.8 Å². The van der Waals surface area contributed by atoms with Crippen molar-refractivity contribution in [3.8, 4) is 5.75 Å². The van der Waals surface area contributed by atoms with Gasteiger partial charge in [-0.05, 0) is 31.0 Å². The molecule has 0 bridgehead atoms. The van der Waals surface area contributed by atoms with E-state index in [4.69, 9.17) is 9.47 Å². The number of ether oxygens (including phenoxy) is 2. The molecule has 9 heteroatoms. The summed E-state index contributed by atoms with van der Waals surface area (Å²) in [4.78, 5) is 23.0. The summed E-state index contributed by atoms with van der Waals surface area (Å²) in [7, 11) is -2.37. The number of nitrogens with zero attached hydrogens (tertiary/aromatic N) is 1. The van der Waals surface area contributed by atoms with Crippen LogP contribution in [0.25, 0.3) is 0 Å². The van der Waals surface area contributed by atoms with Gasteiger partial charge in [0.25, 0.3) is 5.91 Å². The summed E-state index contributed by atoms with van der Waals surface area (Å²) in [6, 6.07) is 4.38. The number of methoxy groups -OCH3 is 1. The SMILES string of the molecule is COC(=O)C1CCN(S(=O)(=O)c2ccc3c(c2)NC(=O)CO3)CC1. The number of esters is 1. The minimum absolute atomic E-state index is 0.0832. The molecule has 130 valence electrons. The van der Waals surface area contributed by atoms with Gasteiger partial charge in [0, 0.05) is 13.1 Å². The summed E-state index contributed by atoms with van der Waals surface area (Å²) in [5, 5.41) is 2.60. The van der Waals surface area contributed by atoms with Crippen molar-refractivity contribution in [1.29, 1.82) is 0 Å². The fraction of sp³-hybridized carbons (Fsp3) is 0.467. The second-order valence-electron chi connectivity index (χ2n) is 5.70. The Hall–Kier alpha value is -2.13. The van der Waals surface area contributed by atoms with Gasteiger partial charge in [0.2, 0.25) is 10.0 Å². The van der Waals surface area contributed by atoms with E-state index in [9.17, 15) is 18.0 Å². The van der Waals surface area contributed by atoms with Gasteiger partial charge in [-0.3, -0.25) is 9.59 Å². The van der Waals surface area contributed by atoms with Crippen LogP contribution in [0, 0.1) is 5.92 Å². The van der Waals surface area contributed by atoms with Gasteiger partial charge < -0.3 is 14.8 Å². The molecule has 1 saturated heterocycles. The predicted molar refractivity (Wildman–Crippen MR) is 84.1 cm³/mol. The number of piperidine rings is 1. The number of carbonyl (C=O) groups is 2. The predicted octanol–water partition coefficient (Wildman–Crippen LogP) is 0.591. The van der Waals surface area contributed by atoms with E-state index >= 15 is 0 Å². The minimum atomic E-state index is -3.69. The fourth-order valence-corrected chi connectivity index (χ4v) is 4.37. The first-order valence-electron chi connectivity index (χ1n) is 7.56. The second-order valence-corrected chi connectivity index (χ2v) is 7.63. The first-order valence-corrected chi connectivity index (χ1v) is 9.00. The Balaban J connectivity index is 1.78. The van der Waals surface area contributed by atoms with Gasteiger partial charge in [-0.1, -0.05) is 0 Å². The van der Waals surface area contributed by atoms with Crippen LogP contribution in [-0.4, -0.2) is 51.4 Å². The lowest BCUT2D eigenvalue weighted by Crippen LogP contribution is -2.40. The quantitative estimate of drug-likeness (QED) is 0.797. The highest BCUT2D eigenvalue weighted by Crippen LogP contribution is 2.32. The van der Waals surface area contributed by atoms with Gasteiger partial charge in [-0.2, -0.15) is 4.31 Å². The van der Waals surface area contributed by atoms with Crippen LogP contribution in [-0.2, 0) is 24.3 Å². The van der Waals surface area contributed by atoms with Gasteiger partial charge in [-0.15, -0.1) is 0 Å². The highest BCUT2D eigenvalue weighted by atomic mass is 32.2. The van der Waals surface area contributed by atoms with Crippen LogP contribution >= 0.6 is 0 Å². The van der Waals surface area contributed by atoms with Crippen LogP contribution in [0.3, 0.4) is 0 Å². The van der Waals surface area contributed by atoms with Crippen molar-refractivity contribution in [2.75, 3.05) is 32.1 Å². The number of benzene rings is 1. The van der Waals surface area contributed by atoms with E-state index in [1.807, 2.05) is 0 Å². The molecule has 1 fully saturated rings. The number of rotatable bonds is 3. The lowest BCUT2D eigenvalue weighted by atomic mass is 9.99. The van der Waals surface area contributed by atoms with Crippen molar-refractivity contribution in [1.82, 2.24) is 4.31 Å². The number of nitrogens with one attached hydrogen (secondary N) is 1. The molecule has 3 rings (SSSR count). The van der Waals surface area contributed by atoms with Crippen LogP contribution < -0.4 is 10.1 Å². The normalized spacial score (nSPS) is 19.1. The molecule has 0 aliphatic carbocycles. The van der Waals surface area contributed by atoms with E-state index in [1.165, 1.54) is 29.6 Å². The molecule has 24 heavy (non-hydrogen) atoms. The van der Waals surface area contributed by atoms with Crippen LogP contribution in [0.5, 0.6) is 5.75 Å². The third-order valence-corrected chi connectivity index (χ3v) is 6.10. The average Bonchev–Trinajstić information content (AvgIpc) is 2.60. The standard InChI is InChI=1S/C15H18N2O6S/c1-22-15(19)10-4-6-17(7-5-10)24(20,21)11-2-3-13-12(8-11)16-14(18)9-23-13/h2-3,8,10H,4-7,9H2,1H3,(H,16,18).